The molecule has 72 valence electrons. The van der Waals surface area contributed by atoms with Crippen molar-refractivity contribution in [2.45, 2.75) is 6.54 Å². The normalized spacial score (nSPS) is 10.4. The van der Waals surface area contributed by atoms with E-state index in [-0.39, 0.29) is 0 Å². The van der Waals surface area contributed by atoms with E-state index in [9.17, 15) is 0 Å². The highest BCUT2D eigenvalue weighted by molar-refractivity contribution is 6.33. The first-order valence-corrected chi connectivity index (χ1v) is 4.51. The number of hydrogen-bond acceptors (Lipinski definition) is 3. The molecular formula is C9H9ClN4. The fourth-order valence-electron chi connectivity index (χ4n) is 1.19. The highest BCUT2D eigenvalue weighted by Gasteiger charge is 2.04. The average molecular weight is 209 g/mol. The summed E-state index contributed by atoms with van der Waals surface area (Å²) in [5, 5.41) is 4.58. The van der Waals surface area contributed by atoms with Gasteiger partial charge >= 0.3 is 0 Å². The van der Waals surface area contributed by atoms with E-state index in [1.165, 1.54) is 0 Å². The Labute approximate surface area is 86.3 Å². The number of nitrogens with zero attached hydrogens (tertiary/aromatic N) is 3. The second-order valence-electron chi connectivity index (χ2n) is 2.87. The third-order valence-electron chi connectivity index (χ3n) is 1.89. The summed E-state index contributed by atoms with van der Waals surface area (Å²) in [6.45, 7) is 0.610. The smallest absolute Gasteiger partial charge is 0.142 e. The van der Waals surface area contributed by atoms with E-state index in [1.54, 1.807) is 17.1 Å². The molecule has 5 heteroatoms. The van der Waals surface area contributed by atoms with Gasteiger partial charge in [0.05, 0.1) is 11.6 Å². The zero-order valence-corrected chi connectivity index (χ0v) is 8.15. The highest BCUT2D eigenvalue weighted by atomic mass is 35.5. The van der Waals surface area contributed by atoms with E-state index < -0.39 is 0 Å². The maximum atomic E-state index is 5.98. The van der Waals surface area contributed by atoms with Gasteiger partial charge in [-0.2, -0.15) is 5.10 Å². The van der Waals surface area contributed by atoms with Crippen LogP contribution in [0.4, 0.5) is 5.82 Å². The van der Waals surface area contributed by atoms with Crippen LogP contribution in [0.3, 0.4) is 0 Å². The zero-order chi connectivity index (χ0) is 9.97. The Kier molecular flexibility index (Phi) is 2.37. The third kappa shape index (κ3) is 1.70. The quantitative estimate of drug-likeness (QED) is 0.815. The van der Waals surface area contributed by atoms with E-state index in [1.807, 2.05) is 18.3 Å². The number of nitrogen functional groups attached to an aromatic ring is 1. The van der Waals surface area contributed by atoms with Gasteiger partial charge in [0.2, 0.25) is 0 Å². The predicted octanol–water partition coefficient (Wildman–Crippen LogP) is 1.56. The summed E-state index contributed by atoms with van der Waals surface area (Å²) in [7, 11) is 0. The van der Waals surface area contributed by atoms with Crippen LogP contribution in [0.5, 0.6) is 0 Å². The highest BCUT2D eigenvalue weighted by Crippen LogP contribution is 2.21. The van der Waals surface area contributed by atoms with Crippen molar-refractivity contribution in [3.8, 4) is 0 Å². The largest absolute Gasteiger partial charge is 0.382 e. The molecule has 2 heterocycles. The Morgan fingerprint density at radius 2 is 2.29 bits per heavy atom. The van der Waals surface area contributed by atoms with E-state index >= 15 is 0 Å². The number of nitrogens with two attached hydrogens (primary N) is 1. The first-order chi connectivity index (χ1) is 6.77. The summed E-state index contributed by atoms with van der Waals surface area (Å²) in [5.41, 5.74) is 6.50. The average Bonchev–Trinajstić information content (AvgIpc) is 2.66. The van der Waals surface area contributed by atoms with Crippen LogP contribution in [-0.4, -0.2) is 14.8 Å². The Hall–Kier alpha value is -1.55. The van der Waals surface area contributed by atoms with Gasteiger partial charge in [0.1, 0.15) is 5.82 Å². The van der Waals surface area contributed by atoms with Gasteiger partial charge in [-0.1, -0.05) is 11.6 Å². The van der Waals surface area contributed by atoms with Crippen LogP contribution >= 0.6 is 11.6 Å². The van der Waals surface area contributed by atoms with Gasteiger partial charge in [-0.15, -0.1) is 0 Å². The number of hydrogen-bond donors (Lipinski definition) is 1. The monoisotopic (exact) mass is 208 g/mol. The standard InChI is InChI=1S/C9H9ClN4/c10-8-7(2-4-12-9(8)11)6-14-5-1-3-13-14/h1-5H,6H2,(H2,11,12). The second-order valence-corrected chi connectivity index (χ2v) is 3.25. The van der Waals surface area contributed by atoms with Crippen LogP contribution in [0.15, 0.2) is 30.7 Å². The minimum atomic E-state index is 0.358. The molecular weight excluding hydrogens is 200 g/mol. The lowest BCUT2D eigenvalue weighted by molar-refractivity contribution is 0.686. The summed E-state index contributed by atoms with van der Waals surface area (Å²) >= 11 is 5.98. The number of halogens is 1. The molecule has 0 saturated carbocycles. The molecule has 2 aromatic heterocycles. The van der Waals surface area contributed by atoms with Gasteiger partial charge in [0.25, 0.3) is 0 Å². The number of aromatic nitrogens is 3. The van der Waals surface area contributed by atoms with Crippen LogP contribution in [0.1, 0.15) is 5.56 Å². The topological polar surface area (TPSA) is 56.7 Å². The minimum absolute atomic E-state index is 0.358. The zero-order valence-electron chi connectivity index (χ0n) is 7.39. The molecule has 0 spiro atoms. The molecule has 0 radical (unpaired) electrons. The van der Waals surface area contributed by atoms with Crippen molar-refractivity contribution in [2.24, 2.45) is 0 Å². The first-order valence-electron chi connectivity index (χ1n) is 4.13. The van der Waals surface area contributed by atoms with E-state index in [0.29, 0.717) is 17.4 Å². The molecule has 2 N–H and O–H groups in total. The van der Waals surface area contributed by atoms with Gasteiger partial charge < -0.3 is 5.73 Å². The van der Waals surface area contributed by atoms with Crippen LogP contribution in [0, 0.1) is 0 Å². The Bertz CT molecular complexity index is 424. The van der Waals surface area contributed by atoms with Crippen molar-refractivity contribution < 1.29 is 0 Å². The van der Waals surface area contributed by atoms with Crippen molar-refractivity contribution in [3.05, 3.63) is 41.3 Å². The van der Waals surface area contributed by atoms with Crippen molar-refractivity contribution in [1.29, 1.82) is 0 Å². The Balaban J connectivity index is 2.29. The van der Waals surface area contributed by atoms with Gasteiger partial charge in [0, 0.05) is 18.6 Å². The first kappa shape index (κ1) is 9.02. The molecule has 2 aromatic rings. The maximum absolute atomic E-state index is 5.98. The second kappa shape index (κ2) is 3.67. The summed E-state index contributed by atoms with van der Waals surface area (Å²) in [6, 6.07) is 3.69. The Morgan fingerprint density at radius 3 is 3.00 bits per heavy atom. The summed E-state index contributed by atoms with van der Waals surface area (Å²) in [4.78, 5) is 3.88. The fraction of sp³-hybridized carbons (Fsp3) is 0.111. The molecule has 0 unspecified atom stereocenters. The number of anilines is 1. The van der Waals surface area contributed by atoms with Gasteiger partial charge in [-0.25, -0.2) is 4.98 Å². The number of rotatable bonds is 2. The van der Waals surface area contributed by atoms with Crippen molar-refractivity contribution in [3.63, 3.8) is 0 Å². The molecule has 14 heavy (non-hydrogen) atoms. The van der Waals surface area contributed by atoms with Crippen LogP contribution in [-0.2, 0) is 6.54 Å². The SMILES string of the molecule is Nc1nccc(Cn2cccn2)c1Cl. The van der Waals surface area contributed by atoms with Crippen molar-refractivity contribution >= 4 is 17.4 Å². The van der Waals surface area contributed by atoms with Crippen molar-refractivity contribution in [2.75, 3.05) is 5.73 Å². The van der Waals surface area contributed by atoms with Gasteiger partial charge in [-0.3, -0.25) is 4.68 Å². The molecule has 0 aliphatic heterocycles. The van der Waals surface area contributed by atoms with Crippen LogP contribution < -0.4 is 5.73 Å². The molecule has 0 amide bonds. The van der Waals surface area contributed by atoms with Crippen molar-refractivity contribution in [1.82, 2.24) is 14.8 Å². The van der Waals surface area contributed by atoms with Gasteiger partial charge in [0.15, 0.2) is 0 Å². The third-order valence-corrected chi connectivity index (χ3v) is 2.32. The number of pyridine rings is 1. The lowest BCUT2D eigenvalue weighted by Gasteiger charge is -2.05. The molecule has 0 fully saturated rings. The molecule has 0 saturated heterocycles. The molecule has 0 bridgehead atoms. The summed E-state index contributed by atoms with van der Waals surface area (Å²) in [5.74, 6) is 0.358. The Morgan fingerprint density at radius 1 is 1.43 bits per heavy atom. The minimum Gasteiger partial charge on any atom is -0.382 e. The fourth-order valence-corrected chi connectivity index (χ4v) is 1.36. The molecule has 0 aliphatic rings. The van der Waals surface area contributed by atoms with E-state index in [4.69, 9.17) is 17.3 Å². The molecule has 0 aromatic carbocycles. The van der Waals surface area contributed by atoms with Crippen LogP contribution in [0.25, 0.3) is 0 Å². The molecule has 0 atom stereocenters. The summed E-state index contributed by atoms with van der Waals surface area (Å²) < 4.78 is 1.78. The lowest BCUT2D eigenvalue weighted by Crippen LogP contribution is -2.02. The van der Waals surface area contributed by atoms with E-state index in [0.717, 1.165) is 5.56 Å². The van der Waals surface area contributed by atoms with Gasteiger partial charge in [-0.05, 0) is 17.7 Å². The van der Waals surface area contributed by atoms with Crippen LogP contribution in [0.2, 0.25) is 5.02 Å². The lowest BCUT2D eigenvalue weighted by atomic mass is 10.2. The molecule has 4 nitrogen and oxygen atoms in total. The summed E-state index contributed by atoms with van der Waals surface area (Å²) in [6.07, 6.45) is 5.23. The maximum Gasteiger partial charge on any atom is 0.142 e. The van der Waals surface area contributed by atoms with E-state index in [2.05, 4.69) is 10.1 Å². The molecule has 2 rings (SSSR count). The predicted molar refractivity (Wildman–Crippen MR) is 55.0 cm³/mol. The molecule has 0 aliphatic carbocycles.